The Morgan fingerprint density at radius 1 is 0.906 bits per heavy atom. The summed E-state index contributed by atoms with van der Waals surface area (Å²) in [4.78, 5) is 12.5. The molecule has 0 unspecified atom stereocenters. The first kappa shape index (κ1) is 23.7. The van der Waals surface area contributed by atoms with Gasteiger partial charge < -0.3 is 16.1 Å². The maximum absolute atomic E-state index is 8.04. The second kappa shape index (κ2) is 10.6. The first-order valence-electron chi connectivity index (χ1n) is 11.0. The summed E-state index contributed by atoms with van der Waals surface area (Å²) in [7, 11) is 0. The molecule has 4 aromatic rings. The molecule has 0 amide bonds. The Morgan fingerprint density at radius 3 is 2.31 bits per heavy atom. The number of imidazole rings is 1. The van der Waals surface area contributed by atoms with Gasteiger partial charge in [0.15, 0.2) is 5.82 Å². The average molecular weight is 469 g/mol. The molecule has 0 saturated heterocycles. The van der Waals surface area contributed by atoms with Crippen LogP contribution in [0, 0.1) is 5.41 Å². The van der Waals surface area contributed by atoms with E-state index < -0.39 is 0 Å². The van der Waals surface area contributed by atoms with E-state index in [-0.39, 0.29) is 16.8 Å². The van der Waals surface area contributed by atoms with Gasteiger partial charge in [0.1, 0.15) is 5.69 Å². The Balaban J connectivity index is 0.000000207. The van der Waals surface area contributed by atoms with Crippen LogP contribution in [0.3, 0.4) is 0 Å². The smallest absolute Gasteiger partial charge is 0.157 e. The van der Waals surface area contributed by atoms with Gasteiger partial charge in [-0.25, -0.2) is 9.97 Å². The second-order valence-corrected chi connectivity index (χ2v) is 7.80. The minimum atomic E-state index is 0. The molecule has 0 fully saturated rings. The largest absolute Gasteiger partial charge is 0.698 e. The summed E-state index contributed by atoms with van der Waals surface area (Å²) in [6, 6.07) is 18.1. The van der Waals surface area contributed by atoms with Crippen LogP contribution in [0.4, 0.5) is 5.69 Å². The fourth-order valence-corrected chi connectivity index (χ4v) is 3.97. The van der Waals surface area contributed by atoms with E-state index >= 15 is 0 Å². The van der Waals surface area contributed by atoms with Crippen LogP contribution in [0.25, 0.3) is 28.3 Å². The van der Waals surface area contributed by atoms with Crippen molar-refractivity contribution in [2.75, 3.05) is 0 Å². The van der Waals surface area contributed by atoms with Gasteiger partial charge >= 0.3 is 0 Å². The molecular weight excluding hydrogens is 441 g/mol. The van der Waals surface area contributed by atoms with Crippen LogP contribution in [0.2, 0.25) is 0 Å². The fraction of sp³-hybridized carbons (Fsp3) is 0.269. The van der Waals surface area contributed by atoms with Crippen LogP contribution in [-0.4, -0.2) is 20.7 Å². The zero-order valence-corrected chi connectivity index (χ0v) is 19.5. The van der Waals surface area contributed by atoms with Crippen molar-refractivity contribution >= 4 is 22.4 Å². The van der Waals surface area contributed by atoms with E-state index in [2.05, 4.69) is 34.9 Å². The first-order valence-corrected chi connectivity index (χ1v) is 11.0. The maximum atomic E-state index is 8.04. The Kier molecular flexibility index (Phi) is 7.83. The Bertz CT molecular complexity index is 1170. The van der Waals surface area contributed by atoms with Gasteiger partial charge in [0.2, 0.25) is 0 Å². The Morgan fingerprint density at radius 2 is 1.62 bits per heavy atom. The zero-order valence-electron chi connectivity index (χ0n) is 18.5. The van der Waals surface area contributed by atoms with Gasteiger partial charge in [-0.15, -0.1) is 5.69 Å². The molecule has 167 valence electrons. The van der Waals surface area contributed by atoms with Crippen LogP contribution in [0.5, 0.6) is 0 Å². The molecule has 5 nitrogen and oxygen atoms in total. The van der Waals surface area contributed by atoms with Crippen molar-refractivity contribution in [3.8, 4) is 11.5 Å². The van der Waals surface area contributed by atoms with Crippen LogP contribution in [-0.2, 0) is 36.0 Å². The number of aromatic amines is 1. The number of nitrogens with zero attached hydrogens (tertiary/aromatic N) is 2. The second-order valence-electron chi connectivity index (χ2n) is 7.80. The van der Waals surface area contributed by atoms with Crippen molar-refractivity contribution in [1.29, 1.82) is 5.41 Å². The third-order valence-corrected chi connectivity index (χ3v) is 5.77. The normalized spacial score (nSPS) is 12.5. The van der Waals surface area contributed by atoms with E-state index in [0.717, 1.165) is 77.2 Å². The predicted octanol–water partition coefficient (Wildman–Crippen LogP) is 6.82. The SMILES string of the molecule is CCc1cccc(CC)c1[NH-].N=C1CCCc2ccc(-c3nc4ccccc4[nH]3)nc21.[Co]. The van der Waals surface area contributed by atoms with Crippen LogP contribution >= 0.6 is 0 Å². The Labute approximate surface area is 199 Å². The van der Waals surface area contributed by atoms with Crippen LogP contribution in [0.15, 0.2) is 54.6 Å². The van der Waals surface area contributed by atoms with Gasteiger partial charge in [-0.2, -0.15) is 0 Å². The summed E-state index contributed by atoms with van der Waals surface area (Å²) in [5.74, 6) is 0.771. The third-order valence-electron chi connectivity index (χ3n) is 5.77. The third kappa shape index (κ3) is 4.92. The number of pyridine rings is 1. The summed E-state index contributed by atoms with van der Waals surface area (Å²) in [5, 5.41) is 8.04. The van der Waals surface area contributed by atoms with Gasteiger partial charge in [-0.3, -0.25) is 0 Å². The van der Waals surface area contributed by atoms with Crippen molar-refractivity contribution in [3.05, 3.63) is 82.7 Å². The first-order chi connectivity index (χ1) is 15.1. The van der Waals surface area contributed by atoms with Crippen molar-refractivity contribution in [2.45, 2.75) is 46.0 Å². The topological polar surface area (TPSA) is 89.2 Å². The molecule has 0 spiro atoms. The number of hydrogen-bond acceptors (Lipinski definition) is 3. The molecule has 2 aromatic carbocycles. The number of aromatic nitrogens is 3. The molecule has 32 heavy (non-hydrogen) atoms. The van der Waals surface area contributed by atoms with E-state index in [0.29, 0.717) is 5.71 Å². The summed E-state index contributed by atoms with van der Waals surface area (Å²) >= 11 is 0. The number of aryl methyl sites for hydroxylation is 3. The van der Waals surface area contributed by atoms with Crippen LogP contribution in [0.1, 0.15) is 49.1 Å². The molecule has 5 rings (SSSR count). The minimum absolute atomic E-state index is 0. The van der Waals surface area contributed by atoms with Crippen molar-refractivity contribution in [1.82, 2.24) is 15.0 Å². The quantitative estimate of drug-likeness (QED) is 0.345. The van der Waals surface area contributed by atoms with E-state index in [1.165, 1.54) is 5.56 Å². The van der Waals surface area contributed by atoms with E-state index in [1.54, 1.807) is 0 Å². The number of benzene rings is 2. The molecule has 0 aliphatic heterocycles. The van der Waals surface area contributed by atoms with Gasteiger partial charge in [0.05, 0.1) is 22.4 Å². The molecule has 0 atom stereocenters. The summed E-state index contributed by atoms with van der Waals surface area (Å²) < 4.78 is 0. The summed E-state index contributed by atoms with van der Waals surface area (Å²) in [6.45, 7) is 4.18. The van der Waals surface area contributed by atoms with E-state index in [9.17, 15) is 0 Å². The van der Waals surface area contributed by atoms with Crippen molar-refractivity contribution in [2.24, 2.45) is 0 Å². The molecular formula is C26H28CoN5-. The molecule has 0 saturated carbocycles. The number of H-pyrrole nitrogens is 1. The maximum Gasteiger partial charge on any atom is 0.157 e. The van der Waals surface area contributed by atoms with Crippen LogP contribution < -0.4 is 0 Å². The number of para-hydroxylation sites is 2. The number of fused-ring (bicyclic) bond motifs is 2. The summed E-state index contributed by atoms with van der Waals surface area (Å²) in [6.07, 6.45) is 4.82. The van der Waals surface area contributed by atoms with Gasteiger partial charge in [-0.05, 0) is 55.9 Å². The predicted molar refractivity (Wildman–Crippen MR) is 128 cm³/mol. The monoisotopic (exact) mass is 469 g/mol. The molecule has 1 aliphatic carbocycles. The summed E-state index contributed by atoms with van der Waals surface area (Å²) in [5.41, 5.74) is 16.2. The Hall–Kier alpha value is -2.96. The van der Waals surface area contributed by atoms with Crippen molar-refractivity contribution in [3.63, 3.8) is 0 Å². The fourth-order valence-electron chi connectivity index (χ4n) is 3.97. The average Bonchev–Trinajstić information content (AvgIpc) is 3.24. The van der Waals surface area contributed by atoms with E-state index in [4.69, 9.17) is 11.1 Å². The molecule has 2 aromatic heterocycles. The molecule has 0 bridgehead atoms. The van der Waals surface area contributed by atoms with Gasteiger partial charge in [-0.1, -0.05) is 61.4 Å². The molecule has 1 aliphatic rings. The number of hydrogen-bond donors (Lipinski definition) is 2. The number of rotatable bonds is 3. The number of nitrogens with one attached hydrogen (secondary N) is 3. The minimum Gasteiger partial charge on any atom is -0.698 e. The van der Waals surface area contributed by atoms with Crippen molar-refractivity contribution < 1.29 is 16.8 Å². The van der Waals surface area contributed by atoms with Gasteiger partial charge in [0.25, 0.3) is 0 Å². The standard InChI is InChI=1S/C16H14N4.C10H14N.Co/c17-11-5-3-4-10-8-9-14(18-15(10)11)16-19-12-6-1-2-7-13(12)20-16;1-3-8-6-5-7-9(4-2)10(8)11;/h1-2,6-9,17H,3-5H2,(H,19,20);5-7,11H,3-4H2,1-2H3;/q;-1;. The molecule has 6 heteroatoms. The molecule has 1 radical (unpaired) electrons. The van der Waals surface area contributed by atoms with Gasteiger partial charge in [0, 0.05) is 16.8 Å². The zero-order chi connectivity index (χ0) is 21.8. The molecule has 3 N–H and O–H groups in total. The molecule has 2 heterocycles. The van der Waals surface area contributed by atoms with E-state index in [1.807, 2.05) is 48.5 Å².